The summed E-state index contributed by atoms with van der Waals surface area (Å²) in [6.07, 6.45) is -6.08. The zero-order valence-electron chi connectivity index (χ0n) is 15.6. The zero-order chi connectivity index (χ0) is 22.2. The molecule has 30 heavy (non-hydrogen) atoms. The van der Waals surface area contributed by atoms with Gasteiger partial charge in [0.1, 0.15) is 12.6 Å². The first-order valence-electron chi connectivity index (χ1n) is 8.88. The lowest BCUT2D eigenvalue weighted by atomic mass is 10.0. The summed E-state index contributed by atoms with van der Waals surface area (Å²) >= 11 is 5.68. The maximum absolute atomic E-state index is 14.3. The third-order valence-electron chi connectivity index (χ3n) is 4.80. The van der Waals surface area contributed by atoms with Crippen molar-refractivity contribution in [1.82, 2.24) is 9.88 Å². The van der Waals surface area contributed by atoms with Crippen LogP contribution in [0.3, 0.4) is 0 Å². The Hall–Kier alpha value is -2.43. The van der Waals surface area contributed by atoms with Crippen LogP contribution in [0, 0.1) is 5.82 Å². The van der Waals surface area contributed by atoms with Gasteiger partial charge in [-0.25, -0.2) is 9.37 Å². The van der Waals surface area contributed by atoms with E-state index in [1.54, 1.807) is 0 Å². The number of benzene rings is 1. The number of anilines is 1. The van der Waals surface area contributed by atoms with Crippen LogP contribution in [0.25, 0.3) is 0 Å². The fourth-order valence-corrected chi connectivity index (χ4v) is 3.50. The van der Waals surface area contributed by atoms with Crippen LogP contribution in [-0.2, 0) is 17.5 Å². The maximum Gasteiger partial charge on any atom is 0.416 e. The monoisotopic (exact) mass is 447 g/mol. The van der Waals surface area contributed by atoms with E-state index in [-0.39, 0.29) is 17.4 Å². The highest BCUT2D eigenvalue weighted by Crippen LogP contribution is 2.31. The summed E-state index contributed by atoms with van der Waals surface area (Å²) in [5, 5.41) is 21.0. The molecule has 0 aliphatic carbocycles. The molecule has 2 N–H and O–H groups in total. The second kappa shape index (κ2) is 8.37. The Morgan fingerprint density at radius 3 is 2.47 bits per heavy atom. The summed E-state index contributed by atoms with van der Waals surface area (Å²) in [7, 11) is 0. The molecule has 3 rings (SSSR count). The summed E-state index contributed by atoms with van der Waals surface area (Å²) < 4.78 is 52.5. The highest BCUT2D eigenvalue weighted by atomic mass is 35.5. The predicted molar refractivity (Wildman–Crippen MR) is 100 cm³/mol. The quantitative estimate of drug-likeness (QED) is 0.705. The lowest BCUT2D eigenvalue weighted by Gasteiger charge is -2.46. The van der Waals surface area contributed by atoms with Gasteiger partial charge in [-0.05, 0) is 30.7 Å². The van der Waals surface area contributed by atoms with Crippen LogP contribution in [0.15, 0.2) is 36.5 Å². The summed E-state index contributed by atoms with van der Waals surface area (Å²) in [4.78, 5) is 18.7. The molecule has 0 bridgehead atoms. The van der Waals surface area contributed by atoms with Gasteiger partial charge in [0, 0.05) is 12.7 Å². The first-order chi connectivity index (χ1) is 14.0. The highest BCUT2D eigenvalue weighted by Gasteiger charge is 2.43. The third-order valence-corrected chi connectivity index (χ3v) is 5.01. The Kier molecular flexibility index (Phi) is 6.21. The molecule has 1 unspecified atom stereocenters. The largest absolute Gasteiger partial charge is 0.416 e. The minimum absolute atomic E-state index is 0.0325. The number of pyridine rings is 1. The van der Waals surface area contributed by atoms with E-state index < -0.39 is 48.4 Å². The van der Waals surface area contributed by atoms with E-state index in [0.29, 0.717) is 5.56 Å². The number of aliphatic hydroxyl groups excluding tert-OH is 2. The van der Waals surface area contributed by atoms with Crippen molar-refractivity contribution < 1.29 is 32.6 Å². The number of halogens is 5. The molecule has 1 fully saturated rings. The van der Waals surface area contributed by atoms with Gasteiger partial charge in [0.25, 0.3) is 0 Å². The van der Waals surface area contributed by atoms with Crippen LogP contribution in [0.1, 0.15) is 18.1 Å². The fraction of sp³-hybridized carbons (Fsp3) is 0.368. The molecule has 0 saturated carbocycles. The number of carbonyl (C=O) groups excluding carboxylic acids is 1. The molecular formula is C19H18ClF4N3O3. The first kappa shape index (κ1) is 22.3. The number of piperazine rings is 1. The number of aliphatic hydroxyl groups is 2. The molecule has 1 aromatic carbocycles. The number of hydrogen-bond acceptors (Lipinski definition) is 5. The highest BCUT2D eigenvalue weighted by molar-refractivity contribution is 6.30. The molecule has 0 radical (unpaired) electrons. The van der Waals surface area contributed by atoms with Gasteiger partial charge in [-0.2, -0.15) is 13.2 Å². The van der Waals surface area contributed by atoms with Crippen molar-refractivity contribution in [3.05, 3.63) is 58.5 Å². The summed E-state index contributed by atoms with van der Waals surface area (Å²) in [5.41, 5.74) is -0.461. The third kappa shape index (κ3) is 4.50. The number of rotatable bonds is 4. The first-order valence-corrected chi connectivity index (χ1v) is 9.26. The van der Waals surface area contributed by atoms with Crippen LogP contribution in [-0.4, -0.2) is 50.9 Å². The smallest absolute Gasteiger partial charge is 0.391 e. The molecule has 1 aromatic heterocycles. The average molecular weight is 448 g/mol. The molecule has 1 amide bonds. The van der Waals surface area contributed by atoms with Crippen LogP contribution >= 0.6 is 11.6 Å². The van der Waals surface area contributed by atoms with Crippen molar-refractivity contribution in [2.75, 3.05) is 11.4 Å². The molecular weight excluding hydrogens is 430 g/mol. The van der Waals surface area contributed by atoms with Crippen molar-refractivity contribution in [2.24, 2.45) is 0 Å². The van der Waals surface area contributed by atoms with Crippen LogP contribution in [0.2, 0.25) is 5.02 Å². The second-order valence-corrected chi connectivity index (χ2v) is 7.38. The lowest BCUT2D eigenvalue weighted by Crippen LogP contribution is -2.65. The van der Waals surface area contributed by atoms with Gasteiger partial charge in [-0.3, -0.25) is 4.79 Å². The molecule has 2 aromatic rings. The van der Waals surface area contributed by atoms with Crippen molar-refractivity contribution >= 4 is 23.3 Å². The molecule has 1 aliphatic rings. The van der Waals surface area contributed by atoms with E-state index in [9.17, 15) is 32.6 Å². The molecule has 11 heteroatoms. The second-order valence-electron chi connectivity index (χ2n) is 6.95. The molecule has 162 valence electrons. The Morgan fingerprint density at radius 2 is 1.93 bits per heavy atom. The molecule has 1 aliphatic heterocycles. The van der Waals surface area contributed by atoms with E-state index in [0.717, 1.165) is 34.2 Å². The van der Waals surface area contributed by atoms with Gasteiger partial charge in [0.05, 0.1) is 16.7 Å². The van der Waals surface area contributed by atoms with E-state index in [1.165, 1.54) is 19.1 Å². The number of alkyl halides is 3. The summed E-state index contributed by atoms with van der Waals surface area (Å²) in [6.45, 7) is 0.751. The van der Waals surface area contributed by atoms with Gasteiger partial charge >= 0.3 is 6.18 Å². The van der Waals surface area contributed by atoms with Crippen LogP contribution in [0.4, 0.5) is 23.4 Å². The molecule has 3 atom stereocenters. The lowest BCUT2D eigenvalue weighted by molar-refractivity contribution is -0.145. The average Bonchev–Trinajstić information content (AvgIpc) is 2.64. The van der Waals surface area contributed by atoms with Crippen LogP contribution < -0.4 is 4.90 Å². The normalized spacial score (nSPS) is 21.1. The van der Waals surface area contributed by atoms with Crippen molar-refractivity contribution in [2.45, 2.75) is 38.0 Å². The van der Waals surface area contributed by atoms with E-state index in [1.807, 2.05) is 0 Å². The molecule has 0 spiro atoms. The number of hydrogen-bond donors (Lipinski definition) is 2. The molecule has 1 saturated heterocycles. The minimum Gasteiger partial charge on any atom is -0.391 e. The summed E-state index contributed by atoms with van der Waals surface area (Å²) in [5.74, 6) is -1.72. The van der Waals surface area contributed by atoms with Crippen molar-refractivity contribution in [1.29, 1.82) is 0 Å². The minimum atomic E-state index is -4.49. The Morgan fingerprint density at radius 1 is 1.30 bits per heavy atom. The van der Waals surface area contributed by atoms with Gasteiger partial charge in [-0.15, -0.1) is 0 Å². The Labute approximate surface area is 174 Å². The van der Waals surface area contributed by atoms with Gasteiger partial charge in [0.15, 0.2) is 17.9 Å². The molecule has 2 heterocycles. The van der Waals surface area contributed by atoms with Gasteiger partial charge in [-0.1, -0.05) is 23.7 Å². The Balaban J connectivity index is 1.87. The van der Waals surface area contributed by atoms with Gasteiger partial charge in [0.2, 0.25) is 5.91 Å². The SMILES string of the molecule is C[C@H](O)[C@@H]1C(O)N(c2ncc(Cl)cc2F)CC(=O)N1Cc1ccc(C(F)(F)F)cc1. The van der Waals surface area contributed by atoms with E-state index in [2.05, 4.69) is 4.98 Å². The standard InChI is InChI=1S/C19H18ClF4N3O3/c1-10(28)16-18(30)27(17-14(21)6-13(20)7-25-17)9-15(29)26(16)8-11-2-4-12(5-3-11)19(22,23)24/h2-7,10,16,18,28,30H,8-9H2,1H3/t10-,16+,18?/m0/s1. The van der Waals surface area contributed by atoms with Crippen molar-refractivity contribution in [3.63, 3.8) is 0 Å². The number of carbonyl (C=O) groups is 1. The zero-order valence-corrected chi connectivity index (χ0v) is 16.4. The fourth-order valence-electron chi connectivity index (χ4n) is 3.36. The van der Waals surface area contributed by atoms with Gasteiger partial charge < -0.3 is 20.0 Å². The van der Waals surface area contributed by atoms with E-state index in [4.69, 9.17) is 11.6 Å². The predicted octanol–water partition coefficient (Wildman–Crippen LogP) is 2.81. The maximum atomic E-state index is 14.3. The topological polar surface area (TPSA) is 76.9 Å². The van der Waals surface area contributed by atoms with Crippen LogP contribution in [0.5, 0.6) is 0 Å². The van der Waals surface area contributed by atoms with E-state index >= 15 is 0 Å². The number of nitrogens with zero attached hydrogens (tertiary/aromatic N) is 3. The molecule has 6 nitrogen and oxygen atoms in total. The Bertz CT molecular complexity index is 924. The number of amides is 1. The summed E-state index contributed by atoms with van der Waals surface area (Å²) in [6, 6.07) is 4.01. The van der Waals surface area contributed by atoms with Crippen molar-refractivity contribution in [3.8, 4) is 0 Å². The number of aromatic nitrogens is 1.